The first-order chi connectivity index (χ1) is 12.9. The van der Waals surface area contributed by atoms with Crippen LogP contribution >= 0.6 is 11.6 Å². The molecule has 2 N–H and O–H groups in total. The summed E-state index contributed by atoms with van der Waals surface area (Å²) >= 11 is 5.68. The molecule has 3 aromatic rings. The Kier molecular flexibility index (Phi) is 5.42. The van der Waals surface area contributed by atoms with Crippen LogP contribution in [0, 0.1) is 11.6 Å². The molecule has 1 aromatic heterocycles. The van der Waals surface area contributed by atoms with Crippen LogP contribution in [-0.2, 0) is 0 Å². The molecule has 2 aromatic carbocycles. The van der Waals surface area contributed by atoms with Crippen molar-refractivity contribution in [1.82, 2.24) is 4.98 Å². The Bertz CT molecular complexity index is 1030. The summed E-state index contributed by atoms with van der Waals surface area (Å²) < 4.78 is 26.4. The Morgan fingerprint density at radius 1 is 0.889 bits per heavy atom. The summed E-state index contributed by atoms with van der Waals surface area (Å²) in [6.45, 7) is 0. The molecule has 0 aliphatic rings. The predicted molar refractivity (Wildman–Crippen MR) is 98.0 cm³/mol. The summed E-state index contributed by atoms with van der Waals surface area (Å²) in [4.78, 5) is 28.5. The van der Waals surface area contributed by atoms with E-state index in [9.17, 15) is 18.4 Å². The fraction of sp³-hybridized carbons (Fsp3) is 0. The van der Waals surface area contributed by atoms with Gasteiger partial charge >= 0.3 is 0 Å². The van der Waals surface area contributed by atoms with E-state index in [0.717, 1.165) is 6.07 Å². The number of rotatable bonds is 4. The second-order valence-corrected chi connectivity index (χ2v) is 5.88. The zero-order chi connectivity index (χ0) is 19.4. The second-order valence-electron chi connectivity index (χ2n) is 5.48. The Morgan fingerprint density at radius 2 is 1.63 bits per heavy atom. The summed E-state index contributed by atoms with van der Waals surface area (Å²) in [6.07, 6.45) is 1.30. The largest absolute Gasteiger partial charge is 0.322 e. The van der Waals surface area contributed by atoms with Crippen molar-refractivity contribution in [3.63, 3.8) is 0 Å². The summed E-state index contributed by atoms with van der Waals surface area (Å²) in [5.74, 6) is -2.22. The molecule has 1 heterocycles. The molecule has 0 radical (unpaired) electrons. The average molecular weight is 388 g/mol. The van der Waals surface area contributed by atoms with Gasteiger partial charge in [0.1, 0.15) is 17.3 Å². The van der Waals surface area contributed by atoms with Crippen LogP contribution in [-0.4, -0.2) is 16.8 Å². The third kappa shape index (κ3) is 4.65. The maximum absolute atomic E-state index is 13.2. The molecule has 0 unspecified atom stereocenters. The van der Waals surface area contributed by atoms with Crippen molar-refractivity contribution in [2.45, 2.75) is 0 Å². The fourth-order valence-electron chi connectivity index (χ4n) is 2.23. The van der Waals surface area contributed by atoms with Crippen LogP contribution in [0.25, 0.3) is 0 Å². The van der Waals surface area contributed by atoms with E-state index in [1.165, 1.54) is 54.7 Å². The monoisotopic (exact) mass is 387 g/mol. The molecule has 0 saturated carbocycles. The van der Waals surface area contributed by atoms with Gasteiger partial charge in [-0.05, 0) is 48.5 Å². The van der Waals surface area contributed by atoms with E-state index >= 15 is 0 Å². The molecule has 0 bridgehead atoms. The highest BCUT2D eigenvalue weighted by Gasteiger charge is 2.13. The third-order valence-electron chi connectivity index (χ3n) is 3.51. The fourth-order valence-corrected chi connectivity index (χ4v) is 2.42. The molecular formula is C19H12ClF2N3O2. The lowest BCUT2D eigenvalue weighted by atomic mass is 10.2. The first-order valence-electron chi connectivity index (χ1n) is 7.72. The van der Waals surface area contributed by atoms with Crippen molar-refractivity contribution in [3.8, 4) is 0 Å². The highest BCUT2D eigenvalue weighted by Crippen LogP contribution is 2.20. The number of hydrogen-bond acceptors (Lipinski definition) is 3. The number of halogens is 3. The number of amides is 2. The number of carbonyl (C=O) groups is 2. The number of anilines is 2. The molecule has 27 heavy (non-hydrogen) atoms. The number of nitrogens with one attached hydrogen (secondary N) is 2. The quantitative estimate of drug-likeness (QED) is 0.691. The van der Waals surface area contributed by atoms with Crippen molar-refractivity contribution in [3.05, 3.63) is 88.7 Å². The zero-order valence-electron chi connectivity index (χ0n) is 13.7. The Labute approximate surface area is 158 Å². The Morgan fingerprint density at radius 3 is 2.37 bits per heavy atom. The number of aromatic nitrogens is 1. The zero-order valence-corrected chi connectivity index (χ0v) is 14.4. The van der Waals surface area contributed by atoms with Gasteiger partial charge in [0.2, 0.25) is 0 Å². The highest BCUT2D eigenvalue weighted by atomic mass is 35.5. The molecule has 2 amide bonds. The van der Waals surface area contributed by atoms with Gasteiger partial charge in [0.25, 0.3) is 11.8 Å². The van der Waals surface area contributed by atoms with Gasteiger partial charge in [0.05, 0.1) is 5.02 Å². The minimum absolute atomic E-state index is 0.0256. The summed E-state index contributed by atoms with van der Waals surface area (Å²) in [7, 11) is 0. The van der Waals surface area contributed by atoms with Crippen LogP contribution < -0.4 is 10.6 Å². The van der Waals surface area contributed by atoms with Gasteiger partial charge in [-0.2, -0.15) is 0 Å². The molecule has 0 aliphatic carbocycles. The minimum atomic E-state index is -0.608. The first kappa shape index (κ1) is 18.5. The Balaban J connectivity index is 1.75. The van der Waals surface area contributed by atoms with Crippen LogP contribution in [0.1, 0.15) is 20.8 Å². The van der Waals surface area contributed by atoms with E-state index in [0.29, 0.717) is 0 Å². The molecule has 0 aliphatic heterocycles. The van der Waals surface area contributed by atoms with Crippen molar-refractivity contribution in [2.75, 3.05) is 10.6 Å². The molecular weight excluding hydrogens is 376 g/mol. The number of pyridine rings is 1. The highest BCUT2D eigenvalue weighted by molar-refractivity contribution is 6.31. The van der Waals surface area contributed by atoms with E-state index in [2.05, 4.69) is 15.6 Å². The van der Waals surface area contributed by atoms with Gasteiger partial charge in [-0.3, -0.25) is 14.6 Å². The standard InChI is InChI=1S/C19H12ClF2N3O2/c20-15-10-14(4-5-16(15)22)25-19(27)17-8-11(6-7-23-17)18(26)24-13-3-1-2-12(21)9-13/h1-10H,(H,24,26)(H,25,27). The van der Waals surface area contributed by atoms with Crippen LogP contribution in [0.3, 0.4) is 0 Å². The molecule has 8 heteroatoms. The van der Waals surface area contributed by atoms with Crippen LogP contribution in [0.5, 0.6) is 0 Å². The average Bonchev–Trinajstić information content (AvgIpc) is 2.65. The van der Waals surface area contributed by atoms with Gasteiger partial charge in [-0.1, -0.05) is 17.7 Å². The van der Waals surface area contributed by atoms with Crippen LogP contribution in [0.2, 0.25) is 5.02 Å². The minimum Gasteiger partial charge on any atom is -0.322 e. The molecule has 3 rings (SSSR count). The SMILES string of the molecule is O=C(Nc1cccc(F)c1)c1ccnc(C(=O)Nc2ccc(F)c(Cl)c2)c1. The van der Waals surface area contributed by atoms with Gasteiger partial charge in [0.15, 0.2) is 0 Å². The molecule has 0 fully saturated rings. The number of nitrogens with zero attached hydrogens (tertiary/aromatic N) is 1. The second kappa shape index (κ2) is 7.92. The summed E-state index contributed by atoms with van der Waals surface area (Å²) in [5.41, 5.74) is 0.700. The number of benzene rings is 2. The smallest absolute Gasteiger partial charge is 0.274 e. The van der Waals surface area contributed by atoms with Gasteiger partial charge in [-0.25, -0.2) is 8.78 Å². The van der Waals surface area contributed by atoms with Crippen molar-refractivity contribution in [1.29, 1.82) is 0 Å². The van der Waals surface area contributed by atoms with Crippen molar-refractivity contribution >= 4 is 34.8 Å². The van der Waals surface area contributed by atoms with Gasteiger partial charge in [-0.15, -0.1) is 0 Å². The molecule has 0 atom stereocenters. The lowest BCUT2D eigenvalue weighted by Gasteiger charge is -2.08. The van der Waals surface area contributed by atoms with Crippen LogP contribution in [0.4, 0.5) is 20.2 Å². The van der Waals surface area contributed by atoms with E-state index in [1.54, 1.807) is 0 Å². The molecule has 0 saturated heterocycles. The topological polar surface area (TPSA) is 71.1 Å². The van der Waals surface area contributed by atoms with E-state index in [-0.39, 0.29) is 27.7 Å². The summed E-state index contributed by atoms with van der Waals surface area (Å²) in [5, 5.41) is 4.91. The van der Waals surface area contributed by atoms with Gasteiger partial charge < -0.3 is 10.6 Å². The number of hydrogen-bond donors (Lipinski definition) is 2. The van der Waals surface area contributed by atoms with Crippen molar-refractivity contribution in [2.24, 2.45) is 0 Å². The third-order valence-corrected chi connectivity index (χ3v) is 3.80. The van der Waals surface area contributed by atoms with E-state index < -0.39 is 23.4 Å². The maximum Gasteiger partial charge on any atom is 0.274 e. The van der Waals surface area contributed by atoms with E-state index in [1.807, 2.05) is 0 Å². The predicted octanol–water partition coefficient (Wildman–Crippen LogP) is 4.52. The lowest BCUT2D eigenvalue weighted by Crippen LogP contribution is -2.17. The normalized spacial score (nSPS) is 10.3. The summed E-state index contributed by atoms with van der Waals surface area (Å²) in [6, 6.07) is 11.9. The van der Waals surface area contributed by atoms with E-state index in [4.69, 9.17) is 11.6 Å². The Hall–Kier alpha value is -3.32. The van der Waals surface area contributed by atoms with Gasteiger partial charge in [0, 0.05) is 23.1 Å². The molecule has 0 spiro atoms. The lowest BCUT2D eigenvalue weighted by molar-refractivity contribution is 0.102. The first-order valence-corrected chi connectivity index (χ1v) is 8.09. The van der Waals surface area contributed by atoms with Crippen LogP contribution in [0.15, 0.2) is 60.8 Å². The number of carbonyl (C=O) groups excluding carboxylic acids is 2. The maximum atomic E-state index is 13.2. The molecule has 136 valence electrons. The van der Waals surface area contributed by atoms with Crippen molar-refractivity contribution < 1.29 is 18.4 Å². The molecule has 5 nitrogen and oxygen atoms in total.